The third kappa shape index (κ3) is 6.90. The Kier molecular flexibility index (Phi) is 8.52. The van der Waals surface area contributed by atoms with Gasteiger partial charge in [-0.15, -0.1) is 0 Å². The molecule has 10 heavy (non-hydrogen) atoms. The fourth-order valence-electron chi connectivity index (χ4n) is 0.576. The van der Waals surface area contributed by atoms with E-state index in [1.54, 1.807) is 0 Å². The number of nitrogens with one attached hydrogen (secondary N) is 1. The molecule has 0 fully saturated rings. The minimum absolute atomic E-state index is 0.609. The number of thioether (sulfide) groups is 1. The standard InChI is InChI=1S/C7H16BrNS/c1-3-10-5-4-9-7(2)6-8/h7,9H,3-6H2,1-2H3. The van der Waals surface area contributed by atoms with Crippen LogP contribution in [0.5, 0.6) is 0 Å². The molecule has 0 aromatic carbocycles. The third-order valence-electron chi connectivity index (χ3n) is 1.17. The Morgan fingerprint density at radius 2 is 2.30 bits per heavy atom. The molecule has 0 spiro atoms. The maximum atomic E-state index is 3.41. The molecule has 62 valence electrons. The van der Waals surface area contributed by atoms with Crippen LogP contribution in [0.25, 0.3) is 0 Å². The first-order chi connectivity index (χ1) is 4.81. The molecule has 0 aromatic rings. The monoisotopic (exact) mass is 225 g/mol. The average molecular weight is 226 g/mol. The predicted molar refractivity (Wildman–Crippen MR) is 54.3 cm³/mol. The Hall–Kier alpha value is 0.790. The first-order valence-corrected chi connectivity index (χ1v) is 5.96. The van der Waals surface area contributed by atoms with Gasteiger partial charge in [-0.3, -0.25) is 0 Å². The Labute approximate surface area is 76.5 Å². The summed E-state index contributed by atoms with van der Waals surface area (Å²) in [6.45, 7) is 5.51. The summed E-state index contributed by atoms with van der Waals surface area (Å²) in [6.07, 6.45) is 0. The summed E-state index contributed by atoms with van der Waals surface area (Å²) in [4.78, 5) is 0. The average Bonchev–Trinajstić information content (AvgIpc) is 1.98. The van der Waals surface area contributed by atoms with E-state index in [-0.39, 0.29) is 0 Å². The number of rotatable bonds is 6. The second-order valence-corrected chi connectivity index (χ2v) is 4.25. The zero-order valence-corrected chi connectivity index (χ0v) is 9.09. The molecule has 1 atom stereocenters. The lowest BCUT2D eigenvalue weighted by Gasteiger charge is -2.08. The van der Waals surface area contributed by atoms with Crippen LogP contribution >= 0.6 is 27.7 Å². The molecule has 0 aromatic heterocycles. The topological polar surface area (TPSA) is 12.0 Å². The first-order valence-electron chi connectivity index (χ1n) is 3.68. The van der Waals surface area contributed by atoms with Crippen molar-refractivity contribution in [2.75, 3.05) is 23.4 Å². The molecule has 0 rings (SSSR count). The third-order valence-corrected chi connectivity index (χ3v) is 3.05. The lowest BCUT2D eigenvalue weighted by atomic mass is 10.4. The molecule has 1 unspecified atom stereocenters. The van der Waals surface area contributed by atoms with Crippen molar-refractivity contribution in [2.24, 2.45) is 0 Å². The van der Waals surface area contributed by atoms with Gasteiger partial charge in [0.1, 0.15) is 0 Å². The summed E-state index contributed by atoms with van der Waals surface area (Å²) >= 11 is 5.40. The summed E-state index contributed by atoms with van der Waals surface area (Å²) in [5.41, 5.74) is 0. The van der Waals surface area contributed by atoms with Gasteiger partial charge in [0, 0.05) is 23.7 Å². The Morgan fingerprint density at radius 1 is 1.60 bits per heavy atom. The van der Waals surface area contributed by atoms with E-state index in [4.69, 9.17) is 0 Å². The zero-order valence-electron chi connectivity index (χ0n) is 6.69. The van der Waals surface area contributed by atoms with Gasteiger partial charge in [0.05, 0.1) is 0 Å². The maximum Gasteiger partial charge on any atom is 0.0183 e. The number of alkyl halides is 1. The van der Waals surface area contributed by atoms with E-state index in [2.05, 4.69) is 35.1 Å². The molecule has 1 N–H and O–H groups in total. The second-order valence-electron chi connectivity index (χ2n) is 2.21. The van der Waals surface area contributed by atoms with E-state index in [1.807, 2.05) is 11.8 Å². The van der Waals surface area contributed by atoms with Gasteiger partial charge in [-0.05, 0) is 12.7 Å². The highest BCUT2D eigenvalue weighted by molar-refractivity contribution is 9.09. The van der Waals surface area contributed by atoms with Crippen molar-refractivity contribution in [1.29, 1.82) is 0 Å². The van der Waals surface area contributed by atoms with Gasteiger partial charge in [-0.1, -0.05) is 22.9 Å². The van der Waals surface area contributed by atoms with E-state index in [9.17, 15) is 0 Å². The van der Waals surface area contributed by atoms with Crippen molar-refractivity contribution >= 4 is 27.7 Å². The van der Waals surface area contributed by atoms with Crippen molar-refractivity contribution < 1.29 is 0 Å². The lowest BCUT2D eigenvalue weighted by Crippen LogP contribution is -2.29. The summed E-state index contributed by atoms with van der Waals surface area (Å²) in [7, 11) is 0. The summed E-state index contributed by atoms with van der Waals surface area (Å²) in [5, 5.41) is 4.44. The molecule has 0 aliphatic heterocycles. The van der Waals surface area contributed by atoms with Crippen LogP contribution in [-0.4, -0.2) is 29.4 Å². The lowest BCUT2D eigenvalue weighted by molar-refractivity contribution is 0.626. The Balaban J connectivity index is 2.89. The van der Waals surface area contributed by atoms with Crippen molar-refractivity contribution in [3.8, 4) is 0 Å². The molecule has 0 aliphatic rings. The highest BCUT2D eigenvalue weighted by atomic mass is 79.9. The van der Waals surface area contributed by atoms with E-state index < -0.39 is 0 Å². The fourth-order valence-corrected chi connectivity index (χ4v) is 1.36. The van der Waals surface area contributed by atoms with Crippen LogP contribution in [0.15, 0.2) is 0 Å². The van der Waals surface area contributed by atoms with Gasteiger partial charge in [-0.25, -0.2) is 0 Å². The maximum absolute atomic E-state index is 3.41. The SMILES string of the molecule is CCSCCNC(C)CBr. The van der Waals surface area contributed by atoms with Crippen LogP contribution in [0, 0.1) is 0 Å². The van der Waals surface area contributed by atoms with Gasteiger partial charge in [0.15, 0.2) is 0 Å². The van der Waals surface area contributed by atoms with Crippen LogP contribution in [0.4, 0.5) is 0 Å². The number of hydrogen-bond acceptors (Lipinski definition) is 2. The molecular weight excluding hydrogens is 210 g/mol. The molecule has 0 amide bonds. The largest absolute Gasteiger partial charge is 0.313 e. The van der Waals surface area contributed by atoms with Gasteiger partial charge in [0.25, 0.3) is 0 Å². The highest BCUT2D eigenvalue weighted by Gasteiger charge is 1.95. The predicted octanol–water partition coefficient (Wildman–Crippen LogP) is 2.11. The van der Waals surface area contributed by atoms with Gasteiger partial charge >= 0.3 is 0 Å². The van der Waals surface area contributed by atoms with Gasteiger partial charge < -0.3 is 5.32 Å². The van der Waals surface area contributed by atoms with E-state index in [0.717, 1.165) is 11.9 Å². The molecule has 0 bridgehead atoms. The molecule has 0 radical (unpaired) electrons. The molecular formula is C7H16BrNS. The normalized spacial score (nSPS) is 13.5. The zero-order chi connectivity index (χ0) is 7.82. The molecule has 1 nitrogen and oxygen atoms in total. The van der Waals surface area contributed by atoms with Crippen molar-refractivity contribution in [3.63, 3.8) is 0 Å². The Bertz CT molecular complexity index is 70.6. The molecule has 0 saturated carbocycles. The van der Waals surface area contributed by atoms with Crippen molar-refractivity contribution in [2.45, 2.75) is 19.9 Å². The molecule has 0 aliphatic carbocycles. The highest BCUT2D eigenvalue weighted by Crippen LogP contribution is 1.96. The van der Waals surface area contributed by atoms with Crippen LogP contribution < -0.4 is 5.32 Å². The van der Waals surface area contributed by atoms with E-state index in [1.165, 1.54) is 11.5 Å². The van der Waals surface area contributed by atoms with Crippen LogP contribution in [-0.2, 0) is 0 Å². The van der Waals surface area contributed by atoms with Gasteiger partial charge in [0.2, 0.25) is 0 Å². The number of halogens is 1. The quantitative estimate of drug-likeness (QED) is 0.550. The summed E-state index contributed by atoms with van der Waals surface area (Å²) in [6, 6.07) is 0.609. The molecule has 0 saturated heterocycles. The molecule has 0 heterocycles. The number of hydrogen-bond donors (Lipinski definition) is 1. The van der Waals surface area contributed by atoms with E-state index in [0.29, 0.717) is 6.04 Å². The summed E-state index contributed by atoms with van der Waals surface area (Å²) in [5.74, 6) is 2.46. The minimum atomic E-state index is 0.609. The Morgan fingerprint density at radius 3 is 2.80 bits per heavy atom. The summed E-state index contributed by atoms with van der Waals surface area (Å²) < 4.78 is 0. The van der Waals surface area contributed by atoms with Gasteiger partial charge in [-0.2, -0.15) is 11.8 Å². The second kappa shape index (κ2) is 7.89. The first kappa shape index (κ1) is 10.8. The molecule has 3 heteroatoms. The fraction of sp³-hybridized carbons (Fsp3) is 1.00. The van der Waals surface area contributed by atoms with Crippen LogP contribution in [0.2, 0.25) is 0 Å². The smallest absolute Gasteiger partial charge is 0.0183 e. The van der Waals surface area contributed by atoms with Crippen LogP contribution in [0.1, 0.15) is 13.8 Å². The minimum Gasteiger partial charge on any atom is -0.313 e. The van der Waals surface area contributed by atoms with Crippen molar-refractivity contribution in [3.05, 3.63) is 0 Å². The van der Waals surface area contributed by atoms with Crippen LogP contribution in [0.3, 0.4) is 0 Å². The van der Waals surface area contributed by atoms with E-state index >= 15 is 0 Å². The van der Waals surface area contributed by atoms with Crippen molar-refractivity contribution in [1.82, 2.24) is 5.32 Å².